The van der Waals surface area contributed by atoms with E-state index in [1.165, 1.54) is 0 Å². The van der Waals surface area contributed by atoms with E-state index in [4.69, 9.17) is 4.74 Å². The van der Waals surface area contributed by atoms with Gasteiger partial charge in [-0.15, -0.1) is 0 Å². The van der Waals surface area contributed by atoms with Crippen LogP contribution in [0.15, 0.2) is 65.3 Å². The predicted molar refractivity (Wildman–Crippen MR) is 82.8 cm³/mol. The molecule has 0 aliphatic carbocycles. The Labute approximate surface area is 123 Å². The van der Waals surface area contributed by atoms with Gasteiger partial charge in [-0.25, -0.2) is 9.79 Å². The number of aryl methyl sites for hydroxylation is 1. The van der Waals surface area contributed by atoms with Crippen LogP contribution in [-0.4, -0.2) is 11.9 Å². The van der Waals surface area contributed by atoms with Gasteiger partial charge in [-0.2, -0.15) is 0 Å². The van der Waals surface area contributed by atoms with Crippen LogP contribution in [0.3, 0.4) is 0 Å². The number of benzene rings is 2. The third kappa shape index (κ3) is 3.26. The fourth-order valence-corrected chi connectivity index (χ4v) is 2.22. The van der Waals surface area contributed by atoms with E-state index in [9.17, 15) is 4.79 Å². The highest BCUT2D eigenvalue weighted by atomic mass is 16.6. The van der Waals surface area contributed by atoms with Crippen molar-refractivity contribution >= 4 is 17.9 Å². The van der Waals surface area contributed by atoms with Crippen molar-refractivity contribution in [1.29, 1.82) is 0 Å². The molecule has 0 bridgehead atoms. The van der Waals surface area contributed by atoms with Crippen molar-refractivity contribution in [3.63, 3.8) is 0 Å². The third-order valence-corrected chi connectivity index (χ3v) is 3.21. The van der Waals surface area contributed by atoms with E-state index in [0.717, 1.165) is 16.7 Å². The molecule has 0 saturated carbocycles. The van der Waals surface area contributed by atoms with Gasteiger partial charge in [0.15, 0.2) is 5.70 Å². The molecule has 1 heterocycles. The molecule has 3 heteroatoms. The Kier molecular flexibility index (Phi) is 3.65. The van der Waals surface area contributed by atoms with Gasteiger partial charge in [0.05, 0.1) is 0 Å². The van der Waals surface area contributed by atoms with E-state index >= 15 is 0 Å². The van der Waals surface area contributed by atoms with E-state index < -0.39 is 0 Å². The highest BCUT2D eigenvalue weighted by Crippen LogP contribution is 2.18. The molecule has 0 amide bonds. The Morgan fingerprint density at radius 2 is 1.90 bits per heavy atom. The molecule has 0 saturated heterocycles. The minimum Gasteiger partial charge on any atom is -0.406 e. The topological polar surface area (TPSA) is 38.7 Å². The second-order valence-corrected chi connectivity index (χ2v) is 5.00. The van der Waals surface area contributed by atoms with Crippen LogP contribution in [0.5, 0.6) is 0 Å². The lowest BCUT2D eigenvalue weighted by Crippen LogP contribution is -2.06. The molecule has 2 aromatic rings. The number of carbonyl (C=O) groups is 1. The molecule has 0 unspecified atom stereocenters. The summed E-state index contributed by atoms with van der Waals surface area (Å²) < 4.78 is 5.22. The number of hydrogen-bond donors (Lipinski definition) is 0. The van der Waals surface area contributed by atoms with E-state index in [1.807, 2.05) is 61.5 Å². The van der Waals surface area contributed by atoms with Crippen molar-refractivity contribution in [2.24, 2.45) is 4.99 Å². The third-order valence-electron chi connectivity index (χ3n) is 3.21. The van der Waals surface area contributed by atoms with Gasteiger partial charge in [-0.3, -0.25) is 0 Å². The molecular weight excluding hydrogens is 262 g/mol. The molecule has 21 heavy (non-hydrogen) atoms. The summed E-state index contributed by atoms with van der Waals surface area (Å²) in [5.41, 5.74) is 3.52. The van der Waals surface area contributed by atoms with Crippen molar-refractivity contribution in [1.82, 2.24) is 0 Å². The number of ether oxygens (including phenoxy) is 1. The number of rotatable bonds is 3. The Balaban J connectivity index is 1.82. The summed E-state index contributed by atoms with van der Waals surface area (Å²) >= 11 is 0. The van der Waals surface area contributed by atoms with Crippen molar-refractivity contribution in [3.8, 4) is 0 Å². The standard InChI is InChI=1S/C18H15NO2/c1-13-6-5-9-15(10-13)11-16-18(20)21-17(19-16)12-14-7-3-2-4-8-14/h2-11H,12H2,1H3/b16-11+. The monoisotopic (exact) mass is 277 g/mol. The number of aliphatic imine (C=N–C) groups is 1. The average molecular weight is 277 g/mol. The van der Waals surface area contributed by atoms with Crippen LogP contribution in [-0.2, 0) is 16.0 Å². The van der Waals surface area contributed by atoms with Gasteiger partial charge in [-0.1, -0.05) is 60.2 Å². The molecule has 0 spiro atoms. The molecule has 1 aliphatic rings. The normalized spacial score (nSPS) is 16.0. The lowest BCUT2D eigenvalue weighted by atomic mass is 10.1. The number of nitrogens with zero attached hydrogens (tertiary/aromatic N) is 1. The second kappa shape index (κ2) is 5.75. The average Bonchev–Trinajstić information content (AvgIpc) is 2.80. The van der Waals surface area contributed by atoms with E-state index in [0.29, 0.717) is 18.0 Å². The van der Waals surface area contributed by atoms with Gasteiger partial charge in [0, 0.05) is 6.42 Å². The zero-order chi connectivity index (χ0) is 14.7. The second-order valence-electron chi connectivity index (χ2n) is 5.00. The van der Waals surface area contributed by atoms with Gasteiger partial charge in [0.2, 0.25) is 5.90 Å². The van der Waals surface area contributed by atoms with Gasteiger partial charge in [-0.05, 0) is 24.1 Å². The largest absolute Gasteiger partial charge is 0.406 e. The molecule has 2 aromatic carbocycles. The van der Waals surface area contributed by atoms with Crippen LogP contribution in [0.4, 0.5) is 0 Å². The van der Waals surface area contributed by atoms with E-state index in [2.05, 4.69) is 4.99 Å². The molecular formula is C18H15NO2. The summed E-state index contributed by atoms with van der Waals surface area (Å²) in [6.45, 7) is 2.01. The Hall–Kier alpha value is -2.68. The summed E-state index contributed by atoms with van der Waals surface area (Å²) in [4.78, 5) is 16.2. The number of cyclic esters (lactones) is 1. The number of carbonyl (C=O) groups excluding carboxylic acids is 1. The summed E-state index contributed by atoms with van der Waals surface area (Å²) in [6, 6.07) is 17.7. The van der Waals surface area contributed by atoms with Crippen molar-refractivity contribution in [2.75, 3.05) is 0 Å². The molecule has 0 fully saturated rings. The summed E-state index contributed by atoms with van der Waals surface area (Å²) in [7, 11) is 0. The van der Waals surface area contributed by atoms with Crippen molar-refractivity contribution in [2.45, 2.75) is 13.3 Å². The van der Waals surface area contributed by atoms with E-state index in [1.54, 1.807) is 6.08 Å². The highest BCUT2D eigenvalue weighted by Gasteiger charge is 2.22. The molecule has 104 valence electrons. The van der Waals surface area contributed by atoms with Crippen LogP contribution >= 0.6 is 0 Å². The first kappa shape index (κ1) is 13.3. The van der Waals surface area contributed by atoms with Crippen LogP contribution in [0.25, 0.3) is 6.08 Å². The van der Waals surface area contributed by atoms with Gasteiger partial charge >= 0.3 is 5.97 Å². The Bertz CT molecular complexity index is 730. The lowest BCUT2D eigenvalue weighted by Gasteiger charge is -1.98. The zero-order valence-corrected chi connectivity index (χ0v) is 11.7. The first-order valence-corrected chi connectivity index (χ1v) is 6.83. The summed E-state index contributed by atoms with van der Waals surface area (Å²) in [5.74, 6) is 0.0625. The van der Waals surface area contributed by atoms with Gasteiger partial charge in [0.1, 0.15) is 0 Å². The molecule has 0 atom stereocenters. The number of hydrogen-bond acceptors (Lipinski definition) is 3. The predicted octanol–water partition coefficient (Wildman–Crippen LogP) is 3.53. The maximum Gasteiger partial charge on any atom is 0.363 e. The minimum absolute atomic E-state index is 0.353. The lowest BCUT2D eigenvalue weighted by molar-refractivity contribution is -0.130. The van der Waals surface area contributed by atoms with Gasteiger partial charge < -0.3 is 4.74 Å². The number of esters is 1. The van der Waals surface area contributed by atoms with Crippen LogP contribution < -0.4 is 0 Å². The smallest absolute Gasteiger partial charge is 0.363 e. The Morgan fingerprint density at radius 1 is 1.10 bits per heavy atom. The van der Waals surface area contributed by atoms with Crippen molar-refractivity contribution in [3.05, 3.63) is 77.0 Å². The molecule has 3 nitrogen and oxygen atoms in total. The zero-order valence-electron chi connectivity index (χ0n) is 11.7. The maximum atomic E-state index is 11.9. The SMILES string of the molecule is Cc1cccc(/C=C2/N=C(Cc3ccccc3)OC2=O)c1. The van der Waals surface area contributed by atoms with Crippen LogP contribution in [0.1, 0.15) is 16.7 Å². The highest BCUT2D eigenvalue weighted by molar-refractivity contribution is 6.07. The molecule has 1 aliphatic heterocycles. The summed E-state index contributed by atoms with van der Waals surface area (Å²) in [5, 5.41) is 0. The van der Waals surface area contributed by atoms with Crippen LogP contribution in [0, 0.1) is 6.92 Å². The quantitative estimate of drug-likeness (QED) is 0.636. The van der Waals surface area contributed by atoms with Crippen molar-refractivity contribution < 1.29 is 9.53 Å². The first-order valence-electron chi connectivity index (χ1n) is 6.83. The molecule has 0 aromatic heterocycles. The fourth-order valence-electron chi connectivity index (χ4n) is 2.22. The van der Waals surface area contributed by atoms with Gasteiger partial charge in [0.25, 0.3) is 0 Å². The Morgan fingerprint density at radius 3 is 2.67 bits per heavy atom. The van der Waals surface area contributed by atoms with Crippen LogP contribution in [0.2, 0.25) is 0 Å². The molecule has 0 N–H and O–H groups in total. The fraction of sp³-hybridized carbons (Fsp3) is 0.111. The molecule has 3 rings (SSSR count). The van der Waals surface area contributed by atoms with E-state index in [-0.39, 0.29) is 5.97 Å². The minimum atomic E-state index is -0.387. The maximum absolute atomic E-state index is 11.9. The summed E-state index contributed by atoms with van der Waals surface area (Å²) in [6.07, 6.45) is 2.28. The first-order chi connectivity index (χ1) is 10.2. The molecule has 0 radical (unpaired) electrons.